The zero-order valence-electron chi connectivity index (χ0n) is 12.1. The number of carbonyl (C=O) groups excluding carboxylic acids is 1. The van der Waals surface area contributed by atoms with Crippen LogP contribution < -0.4 is 20.1 Å². The molecule has 1 amide bonds. The average molecular weight is 344 g/mol. The first-order valence-corrected chi connectivity index (χ1v) is 8.54. The molecule has 1 aromatic rings. The molecule has 2 aliphatic rings. The van der Waals surface area contributed by atoms with Crippen molar-refractivity contribution >= 4 is 21.8 Å². The molecule has 23 heavy (non-hydrogen) atoms. The predicted octanol–water partition coefficient (Wildman–Crippen LogP) is -1.06. The second kappa shape index (κ2) is 5.62. The average Bonchev–Trinajstić information content (AvgIpc) is 2.92. The van der Waals surface area contributed by atoms with Crippen molar-refractivity contribution in [3.8, 4) is 5.75 Å². The molecule has 2 saturated heterocycles. The molecule has 0 aromatic heterocycles. The molecule has 126 valence electrons. The molecule has 2 aliphatic heterocycles. The quantitative estimate of drug-likeness (QED) is 0.554. The fraction of sp³-hybridized carbons (Fsp3) is 0.462. The van der Waals surface area contributed by atoms with Crippen molar-refractivity contribution in [3.63, 3.8) is 0 Å². The van der Waals surface area contributed by atoms with Crippen molar-refractivity contribution in [1.29, 1.82) is 0 Å². The summed E-state index contributed by atoms with van der Waals surface area (Å²) in [4.78, 5) is 11.2. The molecule has 2 unspecified atom stereocenters. The summed E-state index contributed by atoms with van der Waals surface area (Å²) >= 11 is 0. The van der Waals surface area contributed by atoms with Gasteiger partial charge in [-0.3, -0.25) is 4.79 Å². The Labute approximate surface area is 132 Å². The summed E-state index contributed by atoms with van der Waals surface area (Å²) in [5.41, 5.74) is 5.78. The monoisotopic (exact) mass is 344 g/mol. The highest BCUT2D eigenvalue weighted by molar-refractivity contribution is 7.92. The Kier molecular flexibility index (Phi) is 3.90. The molecule has 0 aliphatic carbocycles. The normalized spacial score (nSPS) is 26.5. The van der Waals surface area contributed by atoms with Crippen LogP contribution in [0.2, 0.25) is 0 Å². The summed E-state index contributed by atoms with van der Waals surface area (Å²) in [5, 5.41) is 13.2. The molecule has 1 aromatic carbocycles. The Morgan fingerprint density at radius 2 is 2.17 bits per heavy atom. The topological polar surface area (TPSA) is 125 Å². The zero-order valence-corrected chi connectivity index (χ0v) is 12.9. The number of nitrogens with zero attached hydrogens (tertiary/aromatic N) is 1. The third-order valence-electron chi connectivity index (χ3n) is 3.91. The van der Waals surface area contributed by atoms with Gasteiger partial charge in [-0.15, -0.1) is 0 Å². The number of carbonyl (C=O) groups is 1. The van der Waals surface area contributed by atoms with E-state index < -0.39 is 39.9 Å². The van der Waals surface area contributed by atoms with Crippen LogP contribution in [0.5, 0.6) is 5.75 Å². The van der Waals surface area contributed by atoms with Crippen molar-refractivity contribution < 1.29 is 22.7 Å². The molecule has 3 rings (SSSR count). The Morgan fingerprint density at radius 1 is 1.43 bits per heavy atom. The fourth-order valence-corrected chi connectivity index (χ4v) is 4.11. The van der Waals surface area contributed by atoms with E-state index in [0.29, 0.717) is 22.8 Å². The van der Waals surface area contributed by atoms with Gasteiger partial charge in [0.1, 0.15) is 18.0 Å². The summed E-state index contributed by atoms with van der Waals surface area (Å²) in [6.45, 7) is 0.113. The molecule has 0 bridgehead atoms. The number of amides is 1. The molecule has 2 atom stereocenters. The minimum Gasteiger partial charge on any atom is -0.506 e. The highest BCUT2D eigenvalue weighted by Gasteiger charge is 2.37. The molecule has 0 spiro atoms. The maximum absolute atomic E-state index is 14.3. The van der Waals surface area contributed by atoms with Gasteiger partial charge in [0.05, 0.1) is 0 Å². The van der Waals surface area contributed by atoms with Gasteiger partial charge in [0.25, 0.3) is 5.91 Å². The largest absolute Gasteiger partial charge is 0.506 e. The summed E-state index contributed by atoms with van der Waals surface area (Å²) < 4.78 is 40.1. The zero-order chi connectivity index (χ0) is 16.8. The second-order valence-corrected chi connectivity index (χ2v) is 7.38. The molecular weight excluding hydrogens is 327 g/mol. The highest BCUT2D eigenvalue weighted by atomic mass is 32.2. The van der Waals surface area contributed by atoms with Crippen molar-refractivity contribution in [3.05, 3.63) is 23.5 Å². The van der Waals surface area contributed by atoms with Gasteiger partial charge in [0, 0.05) is 18.6 Å². The first-order valence-electron chi connectivity index (χ1n) is 7.10. The maximum Gasteiger partial charge on any atom is 0.326 e. The molecule has 10 heteroatoms. The van der Waals surface area contributed by atoms with Crippen LogP contribution >= 0.6 is 0 Å². The smallest absolute Gasteiger partial charge is 0.326 e. The van der Waals surface area contributed by atoms with Gasteiger partial charge in [-0.2, -0.15) is 8.42 Å². The van der Waals surface area contributed by atoms with E-state index in [1.165, 1.54) is 12.1 Å². The van der Waals surface area contributed by atoms with Gasteiger partial charge in [-0.05, 0) is 30.5 Å². The first kappa shape index (κ1) is 16.0. The number of nitrogens with one attached hydrogen (secondary N) is 2. The minimum atomic E-state index is -4.17. The molecule has 0 saturated carbocycles. The van der Waals surface area contributed by atoms with Crippen LogP contribution in [-0.4, -0.2) is 44.6 Å². The summed E-state index contributed by atoms with van der Waals surface area (Å²) in [5.74, 6) is -2.21. The van der Waals surface area contributed by atoms with Crippen LogP contribution in [-0.2, 0) is 21.4 Å². The fourth-order valence-electron chi connectivity index (χ4n) is 2.94. The van der Waals surface area contributed by atoms with Gasteiger partial charge in [-0.25, -0.2) is 13.4 Å². The summed E-state index contributed by atoms with van der Waals surface area (Å²) in [6.07, 6.45) is 1.20. The van der Waals surface area contributed by atoms with E-state index in [-0.39, 0.29) is 12.1 Å². The van der Waals surface area contributed by atoms with Gasteiger partial charge >= 0.3 is 10.2 Å². The number of hydrogen-bond donors (Lipinski definition) is 4. The number of nitrogens with two attached hydrogens (primary N) is 1. The summed E-state index contributed by atoms with van der Waals surface area (Å²) in [7, 11) is -4.17. The van der Waals surface area contributed by atoms with E-state index in [2.05, 4.69) is 5.32 Å². The van der Waals surface area contributed by atoms with Crippen molar-refractivity contribution in [2.24, 2.45) is 5.73 Å². The highest BCUT2D eigenvalue weighted by Crippen LogP contribution is 2.35. The van der Waals surface area contributed by atoms with Gasteiger partial charge < -0.3 is 16.2 Å². The van der Waals surface area contributed by atoms with Crippen molar-refractivity contribution in [2.75, 3.05) is 17.4 Å². The van der Waals surface area contributed by atoms with Crippen LogP contribution in [0.3, 0.4) is 0 Å². The number of halogens is 1. The van der Waals surface area contributed by atoms with Crippen LogP contribution in [0.25, 0.3) is 0 Å². The minimum absolute atomic E-state index is 0.0459. The molecule has 2 fully saturated rings. The van der Waals surface area contributed by atoms with Gasteiger partial charge in [0.15, 0.2) is 5.82 Å². The number of phenolic OH excluding ortho intramolecular Hbond substituents is 1. The molecule has 2 heterocycles. The Morgan fingerprint density at radius 3 is 2.70 bits per heavy atom. The Hall–Kier alpha value is -1.91. The SMILES string of the molecule is NC1CNC(Cc2cc(O)c(N3CC(=O)NS3(=O)=O)c(F)c2)C1. The number of anilines is 1. The Balaban J connectivity index is 1.88. The maximum atomic E-state index is 14.3. The van der Waals surface area contributed by atoms with Crippen molar-refractivity contribution in [2.45, 2.75) is 24.9 Å². The second-order valence-electron chi connectivity index (χ2n) is 5.79. The van der Waals surface area contributed by atoms with Crippen LogP contribution in [0, 0.1) is 5.82 Å². The van der Waals surface area contributed by atoms with E-state index in [1.54, 1.807) is 4.72 Å². The van der Waals surface area contributed by atoms with E-state index >= 15 is 0 Å². The molecule has 5 N–H and O–H groups in total. The number of aromatic hydroxyl groups is 1. The van der Waals surface area contributed by atoms with Crippen LogP contribution in [0.15, 0.2) is 12.1 Å². The van der Waals surface area contributed by atoms with Crippen LogP contribution in [0.4, 0.5) is 10.1 Å². The molecular formula is C13H17FN4O4S. The summed E-state index contributed by atoms with van der Waals surface area (Å²) in [6, 6.07) is 2.60. The van der Waals surface area contributed by atoms with E-state index in [4.69, 9.17) is 5.73 Å². The third-order valence-corrected chi connectivity index (χ3v) is 5.29. The first-order chi connectivity index (χ1) is 10.8. The number of benzene rings is 1. The predicted molar refractivity (Wildman–Crippen MR) is 80.6 cm³/mol. The number of rotatable bonds is 3. The van der Waals surface area contributed by atoms with Crippen molar-refractivity contribution in [1.82, 2.24) is 10.0 Å². The number of phenols is 1. The molecule has 8 nitrogen and oxygen atoms in total. The lowest BCUT2D eigenvalue weighted by Crippen LogP contribution is -2.30. The lowest BCUT2D eigenvalue weighted by atomic mass is 10.0. The lowest BCUT2D eigenvalue weighted by molar-refractivity contribution is -0.117. The number of hydrogen-bond acceptors (Lipinski definition) is 6. The molecule has 0 radical (unpaired) electrons. The third kappa shape index (κ3) is 3.09. The van der Waals surface area contributed by atoms with E-state index in [9.17, 15) is 22.7 Å². The van der Waals surface area contributed by atoms with Gasteiger partial charge in [0.2, 0.25) is 0 Å². The van der Waals surface area contributed by atoms with Crippen LogP contribution in [0.1, 0.15) is 12.0 Å². The van der Waals surface area contributed by atoms with E-state index in [1.807, 2.05) is 0 Å². The van der Waals surface area contributed by atoms with Gasteiger partial charge in [-0.1, -0.05) is 0 Å². The van der Waals surface area contributed by atoms with E-state index in [0.717, 1.165) is 6.42 Å². The standard InChI is InChI=1S/C13H17FN4O4S/c14-10-2-7(1-9-4-8(15)5-16-9)3-11(19)13(10)18-6-12(20)17-23(18,21)22/h2-3,8-9,16,19H,1,4-6,15H2,(H,17,20). The Bertz CT molecular complexity index is 731. The lowest BCUT2D eigenvalue weighted by Gasteiger charge is -2.18.